The standard InChI is InChI=1S/C26H55NO.C2H4O2/c1-5-7-9-10-11-12-13-14-15-16-17-18-19-20-21-23-26(3,4)27-24-25(28)22-8-6-2;1-2(3)4/h25,27-28H,5-24H2,1-4H3;1H3,(H,3,4). The fourth-order valence-electron chi connectivity index (χ4n) is 3.96. The number of aliphatic hydroxyl groups excluding tert-OH is 1. The van der Waals surface area contributed by atoms with E-state index in [0.29, 0.717) is 0 Å². The molecule has 0 amide bonds. The van der Waals surface area contributed by atoms with E-state index in [1.165, 1.54) is 109 Å². The molecule has 4 nitrogen and oxygen atoms in total. The Morgan fingerprint density at radius 2 is 1.06 bits per heavy atom. The van der Waals surface area contributed by atoms with Crippen LogP contribution in [0.1, 0.15) is 157 Å². The summed E-state index contributed by atoms with van der Waals surface area (Å²) in [6.45, 7) is 10.9. The molecule has 0 saturated heterocycles. The number of carboxylic acids is 1. The Morgan fingerprint density at radius 1 is 0.719 bits per heavy atom. The summed E-state index contributed by atoms with van der Waals surface area (Å²) in [4.78, 5) is 9.00. The molecule has 0 fully saturated rings. The Kier molecular flexibility index (Phi) is 26.2. The van der Waals surface area contributed by atoms with Gasteiger partial charge in [0.05, 0.1) is 6.10 Å². The summed E-state index contributed by atoms with van der Waals surface area (Å²) in [5, 5.41) is 21.0. The highest BCUT2D eigenvalue weighted by Crippen LogP contribution is 2.17. The maximum atomic E-state index is 9.98. The first kappa shape index (κ1) is 33.6. The molecule has 0 aliphatic heterocycles. The van der Waals surface area contributed by atoms with Crippen LogP contribution in [-0.4, -0.2) is 34.4 Å². The van der Waals surface area contributed by atoms with Crippen LogP contribution in [0.15, 0.2) is 0 Å². The Morgan fingerprint density at radius 3 is 1.44 bits per heavy atom. The number of aliphatic hydroxyl groups is 1. The van der Waals surface area contributed by atoms with E-state index in [4.69, 9.17) is 9.90 Å². The summed E-state index contributed by atoms with van der Waals surface area (Å²) in [6.07, 6.45) is 25.6. The molecule has 0 aliphatic carbocycles. The third kappa shape index (κ3) is 31.6. The molecule has 0 bridgehead atoms. The van der Waals surface area contributed by atoms with Crippen LogP contribution < -0.4 is 5.32 Å². The first-order valence-corrected chi connectivity index (χ1v) is 13.9. The number of carboxylic acid groups (broad SMARTS) is 1. The van der Waals surface area contributed by atoms with E-state index in [1.54, 1.807) is 0 Å². The van der Waals surface area contributed by atoms with Gasteiger partial charge in [-0.1, -0.05) is 123 Å². The molecule has 0 aromatic heterocycles. The second-order valence-corrected chi connectivity index (χ2v) is 10.3. The molecule has 1 atom stereocenters. The minimum Gasteiger partial charge on any atom is -0.481 e. The summed E-state index contributed by atoms with van der Waals surface area (Å²) in [6, 6.07) is 0. The molecule has 1 unspecified atom stereocenters. The number of hydrogen-bond donors (Lipinski definition) is 3. The fraction of sp³-hybridized carbons (Fsp3) is 0.964. The van der Waals surface area contributed by atoms with Crippen molar-refractivity contribution < 1.29 is 15.0 Å². The van der Waals surface area contributed by atoms with Crippen LogP contribution in [0, 0.1) is 0 Å². The van der Waals surface area contributed by atoms with Gasteiger partial charge in [0.2, 0.25) is 0 Å². The molecule has 3 N–H and O–H groups in total. The lowest BCUT2D eigenvalue weighted by Crippen LogP contribution is -2.43. The number of β-amino-alcohol motifs (C(OH)–C–C–N with tert-alkyl or cyclic N) is 1. The van der Waals surface area contributed by atoms with Gasteiger partial charge in [-0.2, -0.15) is 0 Å². The van der Waals surface area contributed by atoms with Gasteiger partial charge in [-0.05, 0) is 26.7 Å². The molecule has 32 heavy (non-hydrogen) atoms. The van der Waals surface area contributed by atoms with Crippen molar-refractivity contribution >= 4 is 5.97 Å². The van der Waals surface area contributed by atoms with Crippen LogP contribution in [0.5, 0.6) is 0 Å². The van der Waals surface area contributed by atoms with E-state index in [0.717, 1.165) is 26.3 Å². The molecular weight excluding hydrogens is 398 g/mol. The molecule has 0 saturated carbocycles. The molecule has 0 rings (SSSR count). The van der Waals surface area contributed by atoms with Gasteiger partial charge in [0.1, 0.15) is 0 Å². The number of nitrogens with one attached hydrogen (secondary N) is 1. The molecule has 0 heterocycles. The van der Waals surface area contributed by atoms with E-state index in [1.807, 2.05) is 0 Å². The van der Waals surface area contributed by atoms with E-state index in [9.17, 15) is 5.11 Å². The molecule has 0 aliphatic rings. The summed E-state index contributed by atoms with van der Waals surface area (Å²) in [5.74, 6) is -0.833. The van der Waals surface area contributed by atoms with Crippen molar-refractivity contribution in [2.45, 2.75) is 168 Å². The van der Waals surface area contributed by atoms with Gasteiger partial charge in [-0.3, -0.25) is 4.79 Å². The number of aliphatic carboxylic acids is 1. The van der Waals surface area contributed by atoms with Crippen LogP contribution in [-0.2, 0) is 4.79 Å². The third-order valence-electron chi connectivity index (χ3n) is 6.11. The average molecular weight is 458 g/mol. The molecule has 194 valence electrons. The highest BCUT2D eigenvalue weighted by Gasteiger charge is 2.17. The van der Waals surface area contributed by atoms with Crippen molar-refractivity contribution in [2.75, 3.05) is 6.54 Å². The predicted octanol–water partition coefficient (Wildman–Crippen LogP) is 8.26. The van der Waals surface area contributed by atoms with E-state index in [2.05, 4.69) is 33.0 Å². The fourth-order valence-corrected chi connectivity index (χ4v) is 3.96. The smallest absolute Gasteiger partial charge is 0.300 e. The Bertz CT molecular complexity index is 381. The lowest BCUT2D eigenvalue weighted by Gasteiger charge is -2.28. The van der Waals surface area contributed by atoms with Crippen molar-refractivity contribution in [3.8, 4) is 0 Å². The highest BCUT2D eigenvalue weighted by atomic mass is 16.4. The van der Waals surface area contributed by atoms with Gasteiger partial charge in [0.25, 0.3) is 5.97 Å². The molecule has 0 spiro atoms. The first-order valence-electron chi connectivity index (χ1n) is 13.9. The van der Waals surface area contributed by atoms with Gasteiger partial charge >= 0.3 is 0 Å². The lowest BCUT2D eigenvalue weighted by atomic mass is 9.95. The summed E-state index contributed by atoms with van der Waals surface area (Å²) >= 11 is 0. The lowest BCUT2D eigenvalue weighted by molar-refractivity contribution is -0.134. The van der Waals surface area contributed by atoms with Crippen molar-refractivity contribution in [1.29, 1.82) is 0 Å². The SMILES string of the molecule is CC(=O)O.CCCCCCCCCCCCCCCCCC(C)(C)NCC(O)CCCC. The zero-order valence-corrected chi connectivity index (χ0v) is 22.5. The summed E-state index contributed by atoms with van der Waals surface area (Å²) in [7, 11) is 0. The molecule has 0 radical (unpaired) electrons. The molecule has 4 heteroatoms. The normalized spacial score (nSPS) is 12.3. The van der Waals surface area contributed by atoms with Crippen LogP contribution in [0.25, 0.3) is 0 Å². The Balaban J connectivity index is 0. The third-order valence-corrected chi connectivity index (χ3v) is 6.11. The Labute approximate surface area is 201 Å². The van der Waals surface area contributed by atoms with Gasteiger partial charge in [0.15, 0.2) is 0 Å². The summed E-state index contributed by atoms with van der Waals surface area (Å²) < 4.78 is 0. The number of carbonyl (C=O) groups is 1. The van der Waals surface area contributed by atoms with Gasteiger partial charge in [0, 0.05) is 19.0 Å². The largest absolute Gasteiger partial charge is 0.481 e. The molecule has 0 aromatic carbocycles. The van der Waals surface area contributed by atoms with Crippen molar-refractivity contribution in [2.24, 2.45) is 0 Å². The topological polar surface area (TPSA) is 69.6 Å². The molecule has 0 aromatic rings. The van der Waals surface area contributed by atoms with Crippen molar-refractivity contribution in [1.82, 2.24) is 5.32 Å². The van der Waals surface area contributed by atoms with Crippen LogP contribution in [0.3, 0.4) is 0 Å². The number of hydrogen-bond acceptors (Lipinski definition) is 3. The predicted molar refractivity (Wildman–Crippen MR) is 140 cm³/mol. The monoisotopic (exact) mass is 457 g/mol. The number of unbranched alkanes of at least 4 members (excludes halogenated alkanes) is 15. The zero-order chi connectivity index (χ0) is 24.5. The second kappa shape index (κ2) is 25.0. The van der Waals surface area contributed by atoms with Gasteiger partial charge in [-0.15, -0.1) is 0 Å². The zero-order valence-electron chi connectivity index (χ0n) is 22.5. The van der Waals surface area contributed by atoms with Gasteiger partial charge < -0.3 is 15.5 Å². The maximum absolute atomic E-state index is 9.98. The van der Waals surface area contributed by atoms with E-state index in [-0.39, 0.29) is 11.6 Å². The van der Waals surface area contributed by atoms with E-state index < -0.39 is 5.97 Å². The van der Waals surface area contributed by atoms with Crippen molar-refractivity contribution in [3.05, 3.63) is 0 Å². The van der Waals surface area contributed by atoms with Crippen LogP contribution in [0.2, 0.25) is 0 Å². The Hall–Kier alpha value is -0.610. The van der Waals surface area contributed by atoms with Crippen LogP contribution in [0.4, 0.5) is 0 Å². The second-order valence-electron chi connectivity index (χ2n) is 10.3. The number of rotatable bonds is 22. The van der Waals surface area contributed by atoms with E-state index >= 15 is 0 Å². The minimum absolute atomic E-state index is 0.156. The minimum atomic E-state index is -0.833. The maximum Gasteiger partial charge on any atom is 0.300 e. The van der Waals surface area contributed by atoms with Crippen molar-refractivity contribution in [3.63, 3.8) is 0 Å². The average Bonchev–Trinajstić information content (AvgIpc) is 2.73. The summed E-state index contributed by atoms with van der Waals surface area (Å²) in [5.41, 5.74) is 0.156. The first-order chi connectivity index (χ1) is 15.2. The quantitative estimate of drug-likeness (QED) is 0.143. The van der Waals surface area contributed by atoms with Crippen LogP contribution >= 0.6 is 0 Å². The highest BCUT2D eigenvalue weighted by molar-refractivity contribution is 5.62. The van der Waals surface area contributed by atoms with Gasteiger partial charge in [-0.25, -0.2) is 0 Å². The molecular formula is C28H59NO3.